The first-order valence-corrected chi connectivity index (χ1v) is 7.30. The number of alkyl halides is 3. The summed E-state index contributed by atoms with van der Waals surface area (Å²) in [5, 5.41) is 0. The lowest BCUT2D eigenvalue weighted by Crippen LogP contribution is -2.36. The summed E-state index contributed by atoms with van der Waals surface area (Å²) < 4.78 is 37.3. The minimum atomic E-state index is -4.10. The SMILES string of the molecule is CN(C)CCN1CCCc2c(CCC(F)(F)F)ccnc21. The van der Waals surface area contributed by atoms with E-state index in [1.807, 2.05) is 14.1 Å². The Morgan fingerprint density at radius 2 is 2.10 bits per heavy atom. The normalized spacial score (nSPS) is 15.4. The molecule has 0 aliphatic carbocycles. The average molecular weight is 301 g/mol. The molecule has 6 heteroatoms. The van der Waals surface area contributed by atoms with Crippen molar-refractivity contribution in [1.29, 1.82) is 0 Å². The van der Waals surface area contributed by atoms with E-state index in [4.69, 9.17) is 0 Å². The molecule has 0 saturated carbocycles. The molecule has 0 spiro atoms. The highest BCUT2D eigenvalue weighted by Gasteiger charge is 2.28. The highest BCUT2D eigenvalue weighted by atomic mass is 19.4. The van der Waals surface area contributed by atoms with Gasteiger partial charge >= 0.3 is 6.18 Å². The van der Waals surface area contributed by atoms with Gasteiger partial charge in [-0.1, -0.05) is 0 Å². The van der Waals surface area contributed by atoms with E-state index in [2.05, 4.69) is 14.8 Å². The molecule has 0 N–H and O–H groups in total. The van der Waals surface area contributed by atoms with Crippen LogP contribution in [-0.4, -0.2) is 49.8 Å². The third-order valence-corrected chi connectivity index (χ3v) is 3.78. The van der Waals surface area contributed by atoms with Crippen molar-refractivity contribution in [3.05, 3.63) is 23.4 Å². The molecule has 0 amide bonds. The number of fused-ring (bicyclic) bond motifs is 1. The lowest BCUT2D eigenvalue weighted by Gasteiger charge is -2.32. The van der Waals surface area contributed by atoms with Crippen molar-refractivity contribution in [3.8, 4) is 0 Å². The summed E-state index contributed by atoms with van der Waals surface area (Å²) in [6.45, 7) is 2.69. The minimum Gasteiger partial charge on any atom is -0.355 e. The first-order valence-electron chi connectivity index (χ1n) is 7.30. The molecular formula is C15H22F3N3. The Morgan fingerprint density at radius 3 is 2.76 bits per heavy atom. The van der Waals surface area contributed by atoms with Crippen molar-refractivity contribution >= 4 is 5.82 Å². The van der Waals surface area contributed by atoms with Crippen LogP contribution in [0.5, 0.6) is 0 Å². The predicted molar refractivity (Wildman–Crippen MR) is 77.7 cm³/mol. The van der Waals surface area contributed by atoms with E-state index < -0.39 is 12.6 Å². The third-order valence-electron chi connectivity index (χ3n) is 3.78. The maximum Gasteiger partial charge on any atom is 0.389 e. The van der Waals surface area contributed by atoms with Crippen molar-refractivity contribution in [2.75, 3.05) is 38.6 Å². The fourth-order valence-electron chi connectivity index (χ4n) is 2.67. The van der Waals surface area contributed by atoms with Crippen molar-refractivity contribution in [1.82, 2.24) is 9.88 Å². The quantitative estimate of drug-likeness (QED) is 0.833. The van der Waals surface area contributed by atoms with Gasteiger partial charge in [-0.15, -0.1) is 0 Å². The average Bonchev–Trinajstić information content (AvgIpc) is 2.41. The van der Waals surface area contributed by atoms with Crippen LogP contribution in [0.4, 0.5) is 19.0 Å². The van der Waals surface area contributed by atoms with Crippen molar-refractivity contribution < 1.29 is 13.2 Å². The van der Waals surface area contributed by atoms with Gasteiger partial charge in [-0.25, -0.2) is 4.98 Å². The Morgan fingerprint density at radius 1 is 1.33 bits per heavy atom. The molecule has 0 unspecified atom stereocenters. The maximum absolute atomic E-state index is 12.4. The molecule has 0 saturated heterocycles. The van der Waals surface area contributed by atoms with Gasteiger partial charge in [-0.3, -0.25) is 0 Å². The summed E-state index contributed by atoms with van der Waals surface area (Å²) in [4.78, 5) is 8.70. The number of aromatic nitrogens is 1. The number of anilines is 1. The molecule has 118 valence electrons. The van der Waals surface area contributed by atoms with E-state index in [1.165, 1.54) is 0 Å². The highest BCUT2D eigenvalue weighted by molar-refractivity contribution is 5.52. The van der Waals surface area contributed by atoms with Crippen molar-refractivity contribution in [3.63, 3.8) is 0 Å². The van der Waals surface area contributed by atoms with Gasteiger partial charge in [-0.05, 0) is 50.6 Å². The number of hydrogen-bond acceptors (Lipinski definition) is 3. The monoisotopic (exact) mass is 301 g/mol. The maximum atomic E-state index is 12.4. The first-order chi connectivity index (χ1) is 9.87. The zero-order chi connectivity index (χ0) is 15.5. The van der Waals surface area contributed by atoms with Gasteiger partial charge in [0, 0.05) is 32.3 Å². The van der Waals surface area contributed by atoms with Crippen LogP contribution >= 0.6 is 0 Å². The number of halogens is 3. The van der Waals surface area contributed by atoms with E-state index in [9.17, 15) is 13.2 Å². The van der Waals surface area contributed by atoms with E-state index in [-0.39, 0.29) is 6.42 Å². The Balaban J connectivity index is 2.14. The fourth-order valence-corrected chi connectivity index (χ4v) is 2.67. The summed E-state index contributed by atoms with van der Waals surface area (Å²) in [7, 11) is 4.02. The van der Waals surface area contributed by atoms with E-state index in [1.54, 1.807) is 12.3 Å². The number of aryl methyl sites for hydroxylation is 1. The van der Waals surface area contributed by atoms with Crippen LogP contribution in [0, 0.1) is 0 Å². The van der Waals surface area contributed by atoms with Crippen LogP contribution in [0.2, 0.25) is 0 Å². The summed E-state index contributed by atoms with van der Waals surface area (Å²) in [5.41, 5.74) is 1.80. The molecule has 1 aromatic heterocycles. The van der Waals surface area contributed by atoms with Crippen LogP contribution in [0.3, 0.4) is 0 Å². The molecule has 0 fully saturated rings. The molecule has 1 aliphatic heterocycles. The second-order valence-corrected chi connectivity index (χ2v) is 5.78. The van der Waals surface area contributed by atoms with Gasteiger partial charge in [0.25, 0.3) is 0 Å². The highest BCUT2D eigenvalue weighted by Crippen LogP contribution is 2.30. The summed E-state index contributed by atoms with van der Waals surface area (Å²) in [6, 6.07) is 1.74. The second kappa shape index (κ2) is 6.64. The number of hydrogen-bond donors (Lipinski definition) is 0. The van der Waals surface area contributed by atoms with Crippen LogP contribution < -0.4 is 4.90 Å². The van der Waals surface area contributed by atoms with Gasteiger partial charge in [-0.2, -0.15) is 13.2 Å². The van der Waals surface area contributed by atoms with Gasteiger partial charge < -0.3 is 9.80 Å². The lowest BCUT2D eigenvalue weighted by molar-refractivity contribution is -0.134. The Hall–Kier alpha value is -1.30. The van der Waals surface area contributed by atoms with Gasteiger partial charge in [0.15, 0.2) is 0 Å². The number of rotatable bonds is 5. The number of pyridine rings is 1. The molecule has 1 aromatic rings. The predicted octanol–water partition coefficient (Wildman–Crippen LogP) is 2.89. The molecule has 3 nitrogen and oxygen atoms in total. The molecule has 2 heterocycles. The number of likely N-dealkylation sites (N-methyl/N-ethyl adjacent to an activating group) is 1. The molecule has 1 aliphatic rings. The van der Waals surface area contributed by atoms with Crippen LogP contribution in [0.25, 0.3) is 0 Å². The largest absolute Gasteiger partial charge is 0.389 e. The zero-order valence-corrected chi connectivity index (χ0v) is 12.6. The molecule has 0 radical (unpaired) electrons. The summed E-state index contributed by atoms with van der Waals surface area (Å²) >= 11 is 0. The van der Waals surface area contributed by atoms with E-state index in [0.29, 0.717) is 0 Å². The van der Waals surface area contributed by atoms with E-state index in [0.717, 1.165) is 49.4 Å². The topological polar surface area (TPSA) is 19.4 Å². The zero-order valence-electron chi connectivity index (χ0n) is 12.6. The standard InChI is InChI=1S/C15H22F3N3/c1-20(2)10-11-21-9-3-4-13-12(5-7-15(16,17)18)6-8-19-14(13)21/h6,8H,3-5,7,9-11H2,1-2H3. The van der Waals surface area contributed by atoms with Gasteiger partial charge in [0.05, 0.1) is 0 Å². The van der Waals surface area contributed by atoms with Gasteiger partial charge in [0.1, 0.15) is 5.82 Å². The minimum absolute atomic E-state index is 0.0515. The molecular weight excluding hydrogens is 279 g/mol. The Kier molecular flexibility index (Phi) is 5.08. The lowest BCUT2D eigenvalue weighted by atomic mass is 9.97. The molecule has 0 bridgehead atoms. The first kappa shape index (κ1) is 16.1. The molecule has 21 heavy (non-hydrogen) atoms. The van der Waals surface area contributed by atoms with Crippen LogP contribution in [-0.2, 0) is 12.8 Å². The summed E-state index contributed by atoms with van der Waals surface area (Å²) in [6.07, 6.45) is -1.37. The van der Waals surface area contributed by atoms with E-state index >= 15 is 0 Å². The molecule has 0 aromatic carbocycles. The molecule has 0 atom stereocenters. The summed E-state index contributed by atoms with van der Waals surface area (Å²) in [5.74, 6) is 0.878. The smallest absolute Gasteiger partial charge is 0.355 e. The van der Waals surface area contributed by atoms with Crippen LogP contribution in [0.1, 0.15) is 24.0 Å². The Labute approximate surface area is 123 Å². The molecule has 2 rings (SSSR count). The number of nitrogens with zero attached hydrogens (tertiary/aromatic N) is 3. The van der Waals surface area contributed by atoms with Gasteiger partial charge in [0.2, 0.25) is 0 Å². The van der Waals surface area contributed by atoms with Crippen molar-refractivity contribution in [2.45, 2.75) is 31.9 Å². The van der Waals surface area contributed by atoms with Crippen LogP contribution in [0.15, 0.2) is 12.3 Å². The van der Waals surface area contributed by atoms with Crippen molar-refractivity contribution in [2.24, 2.45) is 0 Å². The third kappa shape index (κ3) is 4.59. The Bertz CT molecular complexity index is 472. The fraction of sp³-hybridized carbons (Fsp3) is 0.667. The second-order valence-electron chi connectivity index (χ2n) is 5.78.